The molecule has 0 radical (unpaired) electrons. The van der Waals surface area contributed by atoms with E-state index < -0.39 is 0 Å². The van der Waals surface area contributed by atoms with Crippen LogP contribution in [0.2, 0.25) is 0 Å². The fourth-order valence-corrected chi connectivity index (χ4v) is 0.969. The molecule has 0 unspecified atom stereocenters. The SMILES string of the molecule is CNc1n[nH]c(Br)c1C#N. The van der Waals surface area contributed by atoms with Crippen molar-refractivity contribution in [2.24, 2.45) is 0 Å². The summed E-state index contributed by atoms with van der Waals surface area (Å²) >= 11 is 3.14. The Hall–Kier alpha value is -1.02. The van der Waals surface area contributed by atoms with E-state index in [1.807, 2.05) is 6.07 Å². The molecule has 1 rings (SSSR count). The van der Waals surface area contributed by atoms with Crippen LogP contribution in [0, 0.1) is 11.3 Å². The molecular formula is C5H5BrN4. The Balaban J connectivity index is 3.17. The summed E-state index contributed by atoms with van der Waals surface area (Å²) in [5, 5.41) is 17.7. The van der Waals surface area contributed by atoms with Crippen LogP contribution in [0.15, 0.2) is 4.60 Å². The van der Waals surface area contributed by atoms with Crippen molar-refractivity contribution < 1.29 is 0 Å². The molecule has 4 nitrogen and oxygen atoms in total. The lowest BCUT2D eigenvalue weighted by atomic mass is 10.4. The number of nitrogens with one attached hydrogen (secondary N) is 2. The number of rotatable bonds is 1. The van der Waals surface area contributed by atoms with Gasteiger partial charge in [0.15, 0.2) is 5.82 Å². The van der Waals surface area contributed by atoms with Crippen molar-refractivity contribution in [2.75, 3.05) is 12.4 Å². The number of hydrogen-bond donors (Lipinski definition) is 2. The van der Waals surface area contributed by atoms with E-state index >= 15 is 0 Å². The molecule has 52 valence electrons. The van der Waals surface area contributed by atoms with E-state index in [-0.39, 0.29) is 0 Å². The fourth-order valence-electron chi connectivity index (χ4n) is 0.604. The number of aromatic nitrogens is 2. The average Bonchev–Trinajstić information content (AvgIpc) is 2.30. The normalized spacial score (nSPS) is 8.90. The van der Waals surface area contributed by atoms with Crippen LogP contribution in [-0.2, 0) is 0 Å². The maximum Gasteiger partial charge on any atom is 0.166 e. The minimum absolute atomic E-state index is 0.502. The van der Waals surface area contributed by atoms with Gasteiger partial charge >= 0.3 is 0 Å². The Labute approximate surface area is 66.4 Å². The van der Waals surface area contributed by atoms with Crippen LogP contribution < -0.4 is 5.32 Å². The molecule has 0 aliphatic heterocycles. The largest absolute Gasteiger partial charge is 0.371 e. The van der Waals surface area contributed by atoms with Gasteiger partial charge in [0.2, 0.25) is 0 Å². The summed E-state index contributed by atoms with van der Waals surface area (Å²) in [6.45, 7) is 0. The first-order valence-corrected chi connectivity index (χ1v) is 3.40. The van der Waals surface area contributed by atoms with E-state index in [9.17, 15) is 0 Å². The van der Waals surface area contributed by atoms with Gasteiger partial charge in [-0.1, -0.05) is 0 Å². The molecule has 0 bridgehead atoms. The van der Waals surface area contributed by atoms with Crippen LogP contribution in [-0.4, -0.2) is 17.2 Å². The van der Waals surface area contributed by atoms with E-state index in [4.69, 9.17) is 5.26 Å². The Morgan fingerprint density at radius 2 is 2.50 bits per heavy atom. The van der Waals surface area contributed by atoms with Gasteiger partial charge in [0.05, 0.1) is 0 Å². The Bertz CT molecular complexity index is 272. The summed E-state index contributed by atoms with van der Waals surface area (Å²) in [7, 11) is 1.71. The van der Waals surface area contributed by atoms with Crippen LogP contribution in [0.4, 0.5) is 5.82 Å². The van der Waals surface area contributed by atoms with Gasteiger partial charge in [0.25, 0.3) is 0 Å². The van der Waals surface area contributed by atoms with Gasteiger partial charge in [-0.15, -0.1) is 0 Å². The second kappa shape index (κ2) is 2.71. The molecule has 0 aromatic carbocycles. The van der Waals surface area contributed by atoms with E-state index in [1.54, 1.807) is 7.05 Å². The third-order valence-corrected chi connectivity index (χ3v) is 1.64. The first-order valence-electron chi connectivity index (χ1n) is 2.61. The van der Waals surface area contributed by atoms with Crippen LogP contribution in [0.1, 0.15) is 5.56 Å². The highest BCUT2D eigenvalue weighted by Gasteiger charge is 2.07. The monoisotopic (exact) mass is 200 g/mol. The zero-order valence-corrected chi connectivity index (χ0v) is 6.86. The highest BCUT2D eigenvalue weighted by atomic mass is 79.9. The fraction of sp³-hybridized carbons (Fsp3) is 0.200. The minimum atomic E-state index is 0.502. The number of aromatic amines is 1. The molecule has 0 aliphatic rings. The van der Waals surface area contributed by atoms with Gasteiger partial charge in [0, 0.05) is 7.05 Å². The van der Waals surface area contributed by atoms with E-state index in [0.717, 1.165) is 0 Å². The number of nitriles is 1. The van der Waals surface area contributed by atoms with Gasteiger partial charge in [-0.05, 0) is 15.9 Å². The number of anilines is 1. The maximum atomic E-state index is 8.54. The van der Waals surface area contributed by atoms with Crippen molar-refractivity contribution in [1.82, 2.24) is 10.2 Å². The molecule has 0 atom stereocenters. The third-order valence-electron chi connectivity index (χ3n) is 1.07. The molecule has 2 N–H and O–H groups in total. The molecule has 1 aromatic rings. The quantitative estimate of drug-likeness (QED) is 0.714. The van der Waals surface area contributed by atoms with Crippen LogP contribution >= 0.6 is 15.9 Å². The van der Waals surface area contributed by atoms with Crippen molar-refractivity contribution in [2.45, 2.75) is 0 Å². The van der Waals surface area contributed by atoms with Gasteiger partial charge < -0.3 is 5.32 Å². The molecule has 1 heterocycles. The van der Waals surface area contributed by atoms with E-state index in [1.165, 1.54) is 0 Å². The zero-order chi connectivity index (χ0) is 7.56. The maximum absolute atomic E-state index is 8.54. The molecule has 0 spiro atoms. The minimum Gasteiger partial charge on any atom is -0.371 e. The molecule has 10 heavy (non-hydrogen) atoms. The molecule has 0 saturated heterocycles. The molecule has 5 heteroatoms. The standard InChI is InChI=1S/C5H5BrN4/c1-8-5-3(2-7)4(6)9-10-5/h1H3,(H2,8,9,10). The second-order valence-corrected chi connectivity index (χ2v) is 2.42. The van der Waals surface area contributed by atoms with E-state index in [2.05, 4.69) is 31.4 Å². The van der Waals surface area contributed by atoms with Crippen molar-refractivity contribution in [3.63, 3.8) is 0 Å². The van der Waals surface area contributed by atoms with E-state index in [0.29, 0.717) is 16.0 Å². The smallest absolute Gasteiger partial charge is 0.166 e. The Morgan fingerprint density at radius 3 is 2.90 bits per heavy atom. The molecule has 0 saturated carbocycles. The van der Waals surface area contributed by atoms with Gasteiger partial charge in [-0.3, -0.25) is 5.10 Å². The second-order valence-electron chi connectivity index (χ2n) is 1.62. The lowest BCUT2D eigenvalue weighted by Gasteiger charge is -1.89. The third kappa shape index (κ3) is 0.977. The lowest BCUT2D eigenvalue weighted by Crippen LogP contribution is -1.89. The molecular weight excluding hydrogens is 196 g/mol. The van der Waals surface area contributed by atoms with Crippen molar-refractivity contribution in [3.05, 3.63) is 10.2 Å². The summed E-state index contributed by atoms with van der Waals surface area (Å²) in [6, 6.07) is 1.99. The number of hydrogen-bond acceptors (Lipinski definition) is 3. The highest BCUT2D eigenvalue weighted by Crippen LogP contribution is 2.18. The summed E-state index contributed by atoms with van der Waals surface area (Å²) in [6.07, 6.45) is 0. The van der Waals surface area contributed by atoms with Crippen molar-refractivity contribution in [1.29, 1.82) is 5.26 Å². The first kappa shape index (κ1) is 7.09. The predicted molar refractivity (Wildman–Crippen MR) is 40.5 cm³/mol. The van der Waals surface area contributed by atoms with Crippen LogP contribution in [0.3, 0.4) is 0 Å². The molecule has 1 aromatic heterocycles. The van der Waals surface area contributed by atoms with Gasteiger partial charge in [-0.25, -0.2) is 0 Å². The number of H-pyrrole nitrogens is 1. The Morgan fingerprint density at radius 1 is 1.80 bits per heavy atom. The molecule has 0 amide bonds. The number of halogens is 1. The van der Waals surface area contributed by atoms with Crippen molar-refractivity contribution >= 4 is 21.7 Å². The topological polar surface area (TPSA) is 64.5 Å². The summed E-state index contributed by atoms with van der Waals surface area (Å²) in [4.78, 5) is 0. The molecule has 0 fully saturated rings. The van der Waals surface area contributed by atoms with Crippen LogP contribution in [0.5, 0.6) is 0 Å². The van der Waals surface area contributed by atoms with Gasteiger partial charge in [0.1, 0.15) is 16.2 Å². The molecule has 0 aliphatic carbocycles. The summed E-state index contributed by atoms with van der Waals surface area (Å²) in [5.74, 6) is 0.564. The Kier molecular flexibility index (Phi) is 1.92. The highest BCUT2D eigenvalue weighted by molar-refractivity contribution is 9.10. The van der Waals surface area contributed by atoms with Crippen LogP contribution in [0.25, 0.3) is 0 Å². The lowest BCUT2D eigenvalue weighted by molar-refractivity contribution is 1.07. The first-order chi connectivity index (χ1) is 4.79. The summed E-state index contributed by atoms with van der Waals surface area (Å²) in [5.41, 5.74) is 0.502. The van der Waals surface area contributed by atoms with Gasteiger partial charge in [-0.2, -0.15) is 10.4 Å². The summed E-state index contributed by atoms with van der Waals surface area (Å²) < 4.78 is 0.611. The average molecular weight is 201 g/mol. The zero-order valence-electron chi connectivity index (χ0n) is 5.27. The van der Waals surface area contributed by atoms with Crippen molar-refractivity contribution in [3.8, 4) is 6.07 Å². The number of nitrogens with zero attached hydrogens (tertiary/aromatic N) is 2. The predicted octanol–water partition coefficient (Wildman–Crippen LogP) is 1.09.